The number of aromatic nitrogens is 1. The first kappa shape index (κ1) is 22.8. The SMILES string of the molecule is C=C(OCC)c1cccc(-n2c(CC)ccc2-c2cc(Cl)ccc2OCc2ccccc2)c1. The number of rotatable bonds is 9. The minimum atomic E-state index is 0.487. The molecule has 0 aliphatic rings. The molecule has 168 valence electrons. The molecule has 3 nitrogen and oxygen atoms in total. The molecule has 0 atom stereocenters. The molecule has 0 spiro atoms. The third-order valence-corrected chi connectivity index (χ3v) is 5.76. The van der Waals surface area contributed by atoms with Crippen molar-refractivity contribution in [2.45, 2.75) is 26.9 Å². The van der Waals surface area contributed by atoms with Gasteiger partial charge in [0.1, 0.15) is 18.1 Å². The van der Waals surface area contributed by atoms with Gasteiger partial charge >= 0.3 is 0 Å². The highest BCUT2D eigenvalue weighted by Crippen LogP contribution is 2.36. The smallest absolute Gasteiger partial charge is 0.129 e. The normalized spacial score (nSPS) is 10.8. The highest BCUT2D eigenvalue weighted by Gasteiger charge is 2.16. The summed E-state index contributed by atoms with van der Waals surface area (Å²) >= 11 is 6.43. The lowest BCUT2D eigenvalue weighted by Crippen LogP contribution is -2.04. The Bertz CT molecular complexity index is 1240. The Balaban J connectivity index is 1.77. The molecule has 0 amide bonds. The van der Waals surface area contributed by atoms with E-state index in [9.17, 15) is 0 Å². The largest absolute Gasteiger partial charge is 0.494 e. The van der Waals surface area contributed by atoms with Gasteiger partial charge in [0.25, 0.3) is 0 Å². The van der Waals surface area contributed by atoms with Crippen molar-refractivity contribution in [3.8, 4) is 22.7 Å². The third-order valence-electron chi connectivity index (χ3n) is 5.52. The first-order valence-electron chi connectivity index (χ1n) is 11.2. The molecule has 33 heavy (non-hydrogen) atoms. The lowest BCUT2D eigenvalue weighted by Gasteiger charge is -2.18. The predicted molar refractivity (Wildman–Crippen MR) is 137 cm³/mol. The number of ether oxygens (including phenoxy) is 2. The van der Waals surface area contributed by atoms with Crippen molar-refractivity contribution in [3.63, 3.8) is 0 Å². The van der Waals surface area contributed by atoms with Gasteiger partial charge in [-0.25, -0.2) is 0 Å². The van der Waals surface area contributed by atoms with E-state index in [1.165, 1.54) is 5.69 Å². The molecule has 4 aromatic rings. The van der Waals surface area contributed by atoms with Crippen LogP contribution in [0.5, 0.6) is 5.75 Å². The maximum absolute atomic E-state index is 6.43. The van der Waals surface area contributed by atoms with Gasteiger partial charge in [0.15, 0.2) is 0 Å². The monoisotopic (exact) mass is 457 g/mol. The van der Waals surface area contributed by atoms with Crippen molar-refractivity contribution in [2.24, 2.45) is 0 Å². The zero-order valence-corrected chi connectivity index (χ0v) is 19.8. The van der Waals surface area contributed by atoms with Crippen LogP contribution in [0.2, 0.25) is 5.02 Å². The fourth-order valence-electron chi connectivity index (χ4n) is 3.91. The minimum absolute atomic E-state index is 0.487. The van der Waals surface area contributed by atoms with Crippen molar-refractivity contribution in [1.29, 1.82) is 0 Å². The average Bonchev–Trinajstić information content (AvgIpc) is 3.28. The molecule has 0 saturated carbocycles. The first-order valence-corrected chi connectivity index (χ1v) is 11.6. The molecule has 0 aliphatic carbocycles. The number of hydrogen-bond donors (Lipinski definition) is 0. The summed E-state index contributed by atoms with van der Waals surface area (Å²) in [6.45, 7) is 9.26. The minimum Gasteiger partial charge on any atom is -0.494 e. The van der Waals surface area contributed by atoms with Crippen LogP contribution in [0, 0.1) is 0 Å². The van der Waals surface area contributed by atoms with Crippen molar-refractivity contribution >= 4 is 17.4 Å². The summed E-state index contributed by atoms with van der Waals surface area (Å²) in [7, 11) is 0. The summed E-state index contributed by atoms with van der Waals surface area (Å²) in [6, 6.07) is 28.5. The van der Waals surface area contributed by atoms with Crippen LogP contribution in [-0.4, -0.2) is 11.2 Å². The molecule has 0 aliphatic heterocycles. The Hall–Kier alpha value is -3.43. The fraction of sp³-hybridized carbons (Fsp3) is 0.172. The molecule has 1 heterocycles. The van der Waals surface area contributed by atoms with Gasteiger partial charge in [-0.15, -0.1) is 0 Å². The zero-order valence-electron chi connectivity index (χ0n) is 19.1. The van der Waals surface area contributed by atoms with E-state index in [2.05, 4.69) is 54.5 Å². The van der Waals surface area contributed by atoms with E-state index in [0.29, 0.717) is 24.0 Å². The maximum Gasteiger partial charge on any atom is 0.129 e. The number of hydrogen-bond acceptors (Lipinski definition) is 2. The summed E-state index contributed by atoms with van der Waals surface area (Å²) in [5.74, 6) is 1.46. The molecule has 0 fully saturated rings. The topological polar surface area (TPSA) is 23.4 Å². The van der Waals surface area contributed by atoms with Crippen molar-refractivity contribution in [1.82, 2.24) is 4.57 Å². The van der Waals surface area contributed by atoms with E-state index in [4.69, 9.17) is 21.1 Å². The molecule has 0 unspecified atom stereocenters. The molecule has 0 N–H and O–H groups in total. The molecule has 4 heteroatoms. The molecule has 0 saturated heterocycles. The molecule has 0 bridgehead atoms. The fourth-order valence-corrected chi connectivity index (χ4v) is 4.08. The van der Waals surface area contributed by atoms with E-state index in [1.54, 1.807) is 0 Å². The molecule has 0 radical (unpaired) electrons. The summed E-state index contributed by atoms with van der Waals surface area (Å²) < 4.78 is 14.1. The van der Waals surface area contributed by atoms with Crippen LogP contribution >= 0.6 is 11.6 Å². The van der Waals surface area contributed by atoms with Gasteiger partial charge in [-0.05, 0) is 61.4 Å². The van der Waals surface area contributed by atoms with Gasteiger partial charge in [0.05, 0.1) is 12.3 Å². The molecule has 1 aromatic heterocycles. The van der Waals surface area contributed by atoms with Crippen LogP contribution in [-0.2, 0) is 17.8 Å². The quantitative estimate of drug-likeness (QED) is 0.238. The Morgan fingerprint density at radius 3 is 2.48 bits per heavy atom. The number of aryl methyl sites for hydroxylation is 1. The van der Waals surface area contributed by atoms with Gasteiger partial charge in [-0.3, -0.25) is 0 Å². The summed E-state index contributed by atoms with van der Waals surface area (Å²) in [6.07, 6.45) is 0.886. The van der Waals surface area contributed by atoms with Gasteiger partial charge in [0.2, 0.25) is 0 Å². The number of nitrogens with zero attached hydrogens (tertiary/aromatic N) is 1. The van der Waals surface area contributed by atoms with Gasteiger partial charge in [-0.2, -0.15) is 0 Å². The van der Waals surface area contributed by atoms with Crippen LogP contribution < -0.4 is 4.74 Å². The Labute approximate surface area is 200 Å². The second-order valence-electron chi connectivity index (χ2n) is 7.72. The van der Waals surface area contributed by atoms with Crippen molar-refractivity contribution in [2.75, 3.05) is 6.61 Å². The van der Waals surface area contributed by atoms with E-state index in [0.717, 1.165) is 40.2 Å². The van der Waals surface area contributed by atoms with E-state index < -0.39 is 0 Å². The number of halogens is 1. The van der Waals surface area contributed by atoms with E-state index >= 15 is 0 Å². The highest BCUT2D eigenvalue weighted by atomic mass is 35.5. The van der Waals surface area contributed by atoms with Crippen molar-refractivity contribution < 1.29 is 9.47 Å². The summed E-state index contributed by atoms with van der Waals surface area (Å²) in [5, 5.41) is 0.668. The van der Waals surface area contributed by atoms with Crippen LogP contribution in [0.15, 0.2) is 91.5 Å². The predicted octanol–water partition coefficient (Wildman–Crippen LogP) is 7.95. The second-order valence-corrected chi connectivity index (χ2v) is 8.16. The Morgan fingerprint density at radius 2 is 1.73 bits per heavy atom. The van der Waals surface area contributed by atoms with Crippen LogP contribution in [0.4, 0.5) is 0 Å². The third kappa shape index (κ3) is 5.15. The van der Waals surface area contributed by atoms with Gasteiger partial charge < -0.3 is 14.0 Å². The molecule has 3 aromatic carbocycles. The average molecular weight is 458 g/mol. The van der Waals surface area contributed by atoms with Gasteiger partial charge in [-0.1, -0.05) is 67.6 Å². The van der Waals surface area contributed by atoms with Crippen molar-refractivity contribution in [3.05, 3.63) is 113 Å². The second kappa shape index (κ2) is 10.5. The van der Waals surface area contributed by atoms with Crippen LogP contribution in [0.3, 0.4) is 0 Å². The molecular weight excluding hydrogens is 430 g/mol. The van der Waals surface area contributed by atoms with E-state index in [1.807, 2.05) is 55.5 Å². The Morgan fingerprint density at radius 1 is 0.909 bits per heavy atom. The lowest BCUT2D eigenvalue weighted by atomic mass is 10.1. The highest BCUT2D eigenvalue weighted by molar-refractivity contribution is 6.31. The zero-order chi connectivity index (χ0) is 23.2. The summed E-state index contributed by atoms with van der Waals surface area (Å²) in [5.41, 5.74) is 6.29. The molecular formula is C29H28ClNO2. The van der Waals surface area contributed by atoms with Crippen LogP contribution in [0.1, 0.15) is 30.7 Å². The number of benzene rings is 3. The standard InChI is InChI=1S/C29H28ClNO2/c1-4-25-15-16-28(31(25)26-13-9-12-23(18-26)21(3)32-5-2)27-19-24(30)14-17-29(27)33-20-22-10-7-6-8-11-22/h6-19H,3-5,20H2,1-2H3. The van der Waals surface area contributed by atoms with Crippen LogP contribution in [0.25, 0.3) is 22.7 Å². The maximum atomic E-state index is 6.43. The lowest BCUT2D eigenvalue weighted by molar-refractivity contribution is 0.299. The van der Waals surface area contributed by atoms with E-state index in [-0.39, 0.29) is 0 Å². The summed E-state index contributed by atoms with van der Waals surface area (Å²) in [4.78, 5) is 0. The first-order chi connectivity index (χ1) is 16.1. The Kier molecular flexibility index (Phi) is 7.21. The van der Waals surface area contributed by atoms with Gasteiger partial charge in [0, 0.05) is 27.5 Å². The molecule has 4 rings (SSSR count).